The molecule has 1 fully saturated rings. The van der Waals surface area contributed by atoms with Crippen LogP contribution in [0.3, 0.4) is 0 Å². The number of aliphatic imine (C=N–C) groups is 2. The molecule has 1 atom stereocenters. The molecule has 204 valence electrons. The molecule has 0 N–H and O–H groups in total. The molecule has 4 rings (SSSR count). The van der Waals surface area contributed by atoms with E-state index in [0.717, 1.165) is 75.4 Å². The molecule has 0 spiro atoms. The average Bonchev–Trinajstić information content (AvgIpc) is 2.93. The summed E-state index contributed by atoms with van der Waals surface area (Å²) in [5, 5.41) is 0.392. The van der Waals surface area contributed by atoms with Crippen LogP contribution >= 0.6 is 11.6 Å². The van der Waals surface area contributed by atoms with Crippen molar-refractivity contribution in [3.8, 4) is 0 Å². The summed E-state index contributed by atoms with van der Waals surface area (Å²) in [6, 6.07) is 10.3. The van der Waals surface area contributed by atoms with Gasteiger partial charge in [0.05, 0.1) is 23.2 Å². The first-order valence-corrected chi connectivity index (χ1v) is 13.5. The maximum Gasteiger partial charge on any atom is 0.150 e. The molecule has 8 heteroatoms. The Morgan fingerprint density at radius 2 is 2.10 bits per heavy atom. The van der Waals surface area contributed by atoms with Crippen molar-refractivity contribution in [1.29, 1.82) is 0 Å². The third kappa shape index (κ3) is 7.82. The normalized spacial score (nSPS) is 17.9. The molecule has 2 aromatic carbocycles. The quantitative estimate of drug-likeness (QED) is 0.169. The highest BCUT2D eigenvalue weighted by Gasteiger charge is 2.24. The van der Waals surface area contributed by atoms with Crippen LogP contribution in [0.5, 0.6) is 0 Å². The Labute approximate surface area is 234 Å². The van der Waals surface area contributed by atoms with E-state index in [1.165, 1.54) is 6.07 Å². The zero-order valence-corrected chi connectivity index (χ0v) is 22.8. The molecule has 2 aliphatic heterocycles. The van der Waals surface area contributed by atoms with Crippen LogP contribution in [0.15, 0.2) is 82.0 Å². The van der Waals surface area contributed by atoms with Crippen molar-refractivity contribution < 1.29 is 13.9 Å². The molecule has 6 nitrogen and oxygen atoms in total. The van der Waals surface area contributed by atoms with E-state index < -0.39 is 0 Å². The van der Waals surface area contributed by atoms with Crippen molar-refractivity contribution in [2.45, 2.75) is 25.4 Å². The predicted octanol–water partition coefficient (Wildman–Crippen LogP) is 6.23. The Morgan fingerprint density at radius 3 is 2.74 bits per heavy atom. The third-order valence-electron chi connectivity index (χ3n) is 7.09. The fourth-order valence-electron chi connectivity index (χ4n) is 4.70. The monoisotopic (exact) mass is 548 g/mol. The number of anilines is 1. The van der Waals surface area contributed by atoms with Gasteiger partial charge in [0.1, 0.15) is 12.1 Å². The van der Waals surface area contributed by atoms with Crippen LogP contribution in [-0.4, -0.2) is 70.1 Å². The van der Waals surface area contributed by atoms with Gasteiger partial charge in [0.2, 0.25) is 0 Å². The molecule has 0 aromatic heterocycles. The first-order valence-electron chi connectivity index (χ1n) is 13.1. The van der Waals surface area contributed by atoms with Crippen molar-refractivity contribution in [1.82, 2.24) is 4.90 Å². The average molecular weight is 549 g/mol. The van der Waals surface area contributed by atoms with Gasteiger partial charge in [0.15, 0.2) is 0 Å². The second kappa shape index (κ2) is 14.1. The van der Waals surface area contributed by atoms with Crippen molar-refractivity contribution in [3.05, 3.63) is 93.9 Å². The van der Waals surface area contributed by atoms with Gasteiger partial charge in [-0.15, -0.1) is 0 Å². The van der Waals surface area contributed by atoms with E-state index in [1.54, 1.807) is 18.2 Å². The topological polar surface area (TPSA) is 57.5 Å². The van der Waals surface area contributed by atoms with Crippen LogP contribution in [0.4, 0.5) is 15.8 Å². The first-order chi connectivity index (χ1) is 19.0. The summed E-state index contributed by atoms with van der Waals surface area (Å²) in [6.45, 7) is 12.4. The molecule has 0 saturated carbocycles. The summed E-state index contributed by atoms with van der Waals surface area (Å²) in [5.41, 5.74) is 4.85. The Morgan fingerprint density at radius 1 is 1.26 bits per heavy atom. The molecular formula is C31H34ClFN4O2. The van der Waals surface area contributed by atoms with Crippen molar-refractivity contribution in [2.75, 3.05) is 44.2 Å². The van der Waals surface area contributed by atoms with E-state index in [9.17, 15) is 9.18 Å². The van der Waals surface area contributed by atoms with E-state index in [4.69, 9.17) is 16.3 Å². The van der Waals surface area contributed by atoms with Gasteiger partial charge < -0.3 is 9.64 Å². The van der Waals surface area contributed by atoms with E-state index >= 15 is 0 Å². The summed E-state index contributed by atoms with van der Waals surface area (Å²) < 4.78 is 19.7. The Kier molecular flexibility index (Phi) is 10.4. The number of benzene rings is 2. The summed E-state index contributed by atoms with van der Waals surface area (Å²) in [5.74, 6) is -0.304. The lowest BCUT2D eigenvalue weighted by molar-refractivity contribution is -0.0446. The number of rotatable bonds is 13. The highest BCUT2D eigenvalue weighted by Crippen LogP contribution is 2.31. The minimum Gasteiger partial charge on any atom is -0.376 e. The smallest absolute Gasteiger partial charge is 0.150 e. The van der Waals surface area contributed by atoms with E-state index in [0.29, 0.717) is 28.3 Å². The summed E-state index contributed by atoms with van der Waals surface area (Å²) in [4.78, 5) is 24.3. The number of hydrogen-bond donors (Lipinski definition) is 0. The summed E-state index contributed by atoms with van der Waals surface area (Å²) >= 11 is 5.83. The number of nitrogens with zero attached hydrogens (tertiary/aromatic N) is 4. The first kappa shape index (κ1) is 28.6. The number of halogens is 2. The highest BCUT2D eigenvalue weighted by molar-refractivity contribution is 6.30. The van der Waals surface area contributed by atoms with Gasteiger partial charge in [0.25, 0.3) is 0 Å². The van der Waals surface area contributed by atoms with Crippen LogP contribution in [0.25, 0.3) is 0 Å². The lowest BCUT2D eigenvalue weighted by Gasteiger charge is -2.36. The van der Waals surface area contributed by atoms with Gasteiger partial charge in [0, 0.05) is 49.9 Å². The van der Waals surface area contributed by atoms with E-state index in [-0.39, 0.29) is 11.9 Å². The SMILES string of the molecule is C=N/C(=C\C=C/Cc1ccc(Cl)cc1F)C1=CCN(CCN(CC2CCO2)c2ccc(C=O)cc2N=C)CC1. The molecule has 1 unspecified atom stereocenters. The third-order valence-corrected chi connectivity index (χ3v) is 7.32. The maximum absolute atomic E-state index is 14.0. The number of hydrogen-bond acceptors (Lipinski definition) is 6. The van der Waals surface area contributed by atoms with Crippen molar-refractivity contribution in [2.24, 2.45) is 9.98 Å². The Bertz CT molecular complexity index is 1290. The standard InChI is InChI=1S/C31H34ClFN4O2/c1-34-29(6-4-3-5-24-8-9-26(32)20-28(24)33)25-11-14-36(15-12-25)16-17-37(21-27-13-18-39-27)31-10-7-23(22-38)19-30(31)35-2/h3-4,6-11,19-20,22,27H,1-2,5,12-18,21H2/b4-3-,29-6-. The second-order valence-electron chi connectivity index (χ2n) is 9.61. The molecule has 1 saturated heterocycles. The molecule has 2 aromatic rings. The largest absolute Gasteiger partial charge is 0.376 e. The molecule has 2 heterocycles. The minimum absolute atomic E-state index is 0.205. The number of carbonyl (C=O) groups excluding carboxylic acids is 1. The van der Waals surface area contributed by atoms with Gasteiger partial charge in [-0.2, -0.15) is 0 Å². The van der Waals surface area contributed by atoms with Gasteiger partial charge >= 0.3 is 0 Å². The van der Waals surface area contributed by atoms with Crippen LogP contribution < -0.4 is 4.90 Å². The Balaban J connectivity index is 1.35. The molecule has 2 aliphatic rings. The van der Waals surface area contributed by atoms with Crippen molar-refractivity contribution >= 4 is 42.7 Å². The highest BCUT2D eigenvalue weighted by atomic mass is 35.5. The lowest BCUT2D eigenvalue weighted by atomic mass is 10.0. The second-order valence-corrected chi connectivity index (χ2v) is 10.0. The van der Waals surface area contributed by atoms with Gasteiger partial charge in [-0.25, -0.2) is 4.39 Å². The van der Waals surface area contributed by atoms with Crippen LogP contribution in [-0.2, 0) is 11.2 Å². The number of carbonyl (C=O) groups is 1. The zero-order chi connectivity index (χ0) is 27.6. The molecule has 39 heavy (non-hydrogen) atoms. The fraction of sp³-hybridized carbons (Fsp3) is 0.323. The van der Waals surface area contributed by atoms with E-state index in [1.807, 2.05) is 30.4 Å². The van der Waals surface area contributed by atoms with Gasteiger partial charge in [-0.1, -0.05) is 35.9 Å². The Hall–Kier alpha value is -3.39. The molecule has 0 amide bonds. The summed E-state index contributed by atoms with van der Waals surface area (Å²) in [7, 11) is 0. The lowest BCUT2D eigenvalue weighted by Crippen LogP contribution is -2.44. The minimum atomic E-state index is -0.304. The van der Waals surface area contributed by atoms with Gasteiger partial charge in [-0.3, -0.25) is 19.7 Å². The molecule has 0 aliphatic carbocycles. The van der Waals surface area contributed by atoms with Gasteiger partial charge in [-0.05, 0) is 80.2 Å². The van der Waals surface area contributed by atoms with Crippen LogP contribution in [0.2, 0.25) is 5.02 Å². The van der Waals surface area contributed by atoms with Crippen LogP contribution in [0, 0.1) is 5.82 Å². The number of aldehydes is 1. The number of allylic oxidation sites excluding steroid dienone is 4. The van der Waals surface area contributed by atoms with E-state index in [2.05, 4.69) is 39.3 Å². The predicted molar refractivity (Wildman–Crippen MR) is 159 cm³/mol. The van der Waals surface area contributed by atoms with Crippen LogP contribution in [0.1, 0.15) is 28.8 Å². The molecule has 0 bridgehead atoms. The molecular weight excluding hydrogens is 515 g/mol. The molecule has 0 radical (unpaired) electrons. The maximum atomic E-state index is 14.0. The zero-order valence-electron chi connectivity index (χ0n) is 22.1. The fourth-order valence-corrected chi connectivity index (χ4v) is 4.86. The summed E-state index contributed by atoms with van der Waals surface area (Å²) in [6.07, 6.45) is 11.3. The van der Waals surface area contributed by atoms with Crippen molar-refractivity contribution in [3.63, 3.8) is 0 Å². The number of ether oxygens (including phenoxy) is 1.